The Bertz CT molecular complexity index is 1490. The van der Waals surface area contributed by atoms with Gasteiger partial charge < -0.3 is 19.5 Å². The molecule has 192 valence electrons. The summed E-state index contributed by atoms with van der Waals surface area (Å²) in [4.78, 5) is 11.2. The summed E-state index contributed by atoms with van der Waals surface area (Å²) in [6.07, 6.45) is 8.72. The van der Waals surface area contributed by atoms with Crippen molar-refractivity contribution >= 4 is 30.1 Å². The highest BCUT2D eigenvalue weighted by Crippen LogP contribution is 2.51. The maximum atomic E-state index is 11.2. The molecule has 3 aromatic carbocycles. The third-order valence-electron chi connectivity index (χ3n) is 6.85. The van der Waals surface area contributed by atoms with E-state index in [0.29, 0.717) is 29.5 Å². The molecular weight excluding hydrogens is 478 g/mol. The van der Waals surface area contributed by atoms with E-state index in [0.717, 1.165) is 34.4 Å². The predicted octanol–water partition coefficient (Wildman–Crippen LogP) is 5.88. The Morgan fingerprint density at radius 3 is 2.26 bits per heavy atom. The van der Waals surface area contributed by atoms with E-state index in [-0.39, 0.29) is 0 Å². The van der Waals surface area contributed by atoms with E-state index >= 15 is 0 Å². The first-order chi connectivity index (χ1) is 18.6. The minimum absolute atomic E-state index is 0.530. The van der Waals surface area contributed by atoms with E-state index in [2.05, 4.69) is 29.6 Å². The normalized spacial score (nSPS) is 16.2. The number of ether oxygens (including phenoxy) is 3. The lowest BCUT2D eigenvalue weighted by Gasteiger charge is -2.36. The van der Waals surface area contributed by atoms with Crippen molar-refractivity contribution < 1.29 is 19.0 Å². The van der Waals surface area contributed by atoms with Gasteiger partial charge in [-0.2, -0.15) is 0 Å². The second-order valence-corrected chi connectivity index (χ2v) is 8.85. The van der Waals surface area contributed by atoms with Gasteiger partial charge in [0.2, 0.25) is 5.75 Å². The number of fused-ring (bicyclic) bond motifs is 1. The summed E-state index contributed by atoms with van der Waals surface area (Å²) in [7, 11) is 4.85. The van der Waals surface area contributed by atoms with Gasteiger partial charge in [-0.05, 0) is 29.8 Å². The molecule has 0 radical (unpaired) electrons. The lowest BCUT2D eigenvalue weighted by molar-refractivity contribution is -0.104. The quantitative estimate of drug-likeness (QED) is 0.225. The van der Waals surface area contributed by atoms with Gasteiger partial charge in [0, 0.05) is 34.9 Å². The van der Waals surface area contributed by atoms with Crippen LogP contribution in [0.5, 0.6) is 17.2 Å². The van der Waals surface area contributed by atoms with Crippen LogP contribution in [0.4, 0.5) is 11.5 Å². The van der Waals surface area contributed by atoms with Gasteiger partial charge in [-0.15, -0.1) is 5.10 Å². The maximum Gasteiger partial charge on any atom is 0.203 e. The van der Waals surface area contributed by atoms with E-state index in [4.69, 9.17) is 19.3 Å². The maximum absolute atomic E-state index is 11.2. The molecule has 1 N–H and O–H groups in total. The average Bonchev–Trinajstić information content (AvgIpc) is 3.31. The van der Waals surface area contributed by atoms with Crippen LogP contribution in [0.3, 0.4) is 0 Å². The van der Waals surface area contributed by atoms with Gasteiger partial charge in [0.25, 0.3) is 0 Å². The highest BCUT2D eigenvalue weighted by atomic mass is 16.5. The Morgan fingerprint density at radius 1 is 0.895 bits per heavy atom. The molecule has 1 atom stereocenters. The standard InChI is InChI=1S/C31H29N3O4/c1-36-27-16-15-25(28(37-2)29(27)38-3)31(22-11-6-4-7-12-22)18-17-24-26(21-31)34(19-10-20-35)33-30(24)32-23-13-8-5-9-14-23/h4-20H,21H2,1-3H3,(H,32,33). The first-order valence-corrected chi connectivity index (χ1v) is 12.2. The summed E-state index contributed by atoms with van der Waals surface area (Å²) in [6.45, 7) is 0. The fraction of sp³-hybridized carbons (Fsp3) is 0.161. The molecule has 1 aliphatic carbocycles. The third kappa shape index (κ3) is 4.32. The van der Waals surface area contributed by atoms with Gasteiger partial charge in [-0.3, -0.25) is 4.79 Å². The number of hydrogen-bond acceptors (Lipinski definition) is 6. The zero-order chi connectivity index (χ0) is 26.5. The lowest BCUT2D eigenvalue weighted by atomic mass is 9.68. The third-order valence-corrected chi connectivity index (χ3v) is 6.85. The molecule has 1 heterocycles. The molecule has 7 nitrogen and oxygen atoms in total. The number of nitrogens with zero attached hydrogens (tertiary/aromatic N) is 2. The highest BCUT2D eigenvalue weighted by Gasteiger charge is 2.41. The number of aldehydes is 1. The van der Waals surface area contributed by atoms with E-state index in [1.165, 1.54) is 6.08 Å². The summed E-state index contributed by atoms with van der Waals surface area (Å²) in [6, 6.07) is 24.1. The predicted molar refractivity (Wildman–Crippen MR) is 149 cm³/mol. The van der Waals surface area contributed by atoms with Gasteiger partial charge in [-0.1, -0.05) is 66.7 Å². The minimum Gasteiger partial charge on any atom is -0.493 e. The molecule has 4 aromatic rings. The number of aromatic nitrogens is 2. The van der Waals surface area contributed by atoms with Crippen LogP contribution < -0.4 is 19.5 Å². The van der Waals surface area contributed by atoms with Crippen molar-refractivity contribution in [1.82, 2.24) is 9.78 Å². The fourth-order valence-corrected chi connectivity index (χ4v) is 5.10. The molecule has 38 heavy (non-hydrogen) atoms. The second kappa shape index (κ2) is 10.7. The van der Waals surface area contributed by atoms with Crippen molar-refractivity contribution in [2.45, 2.75) is 11.8 Å². The number of carbonyl (C=O) groups is 1. The molecule has 1 aromatic heterocycles. The first-order valence-electron chi connectivity index (χ1n) is 12.2. The fourth-order valence-electron chi connectivity index (χ4n) is 5.10. The molecule has 5 rings (SSSR count). The molecule has 0 saturated carbocycles. The molecule has 0 saturated heterocycles. The first kappa shape index (κ1) is 24.9. The van der Waals surface area contributed by atoms with Crippen LogP contribution in [0, 0.1) is 0 Å². The number of benzene rings is 3. The largest absolute Gasteiger partial charge is 0.493 e. The molecule has 0 amide bonds. The van der Waals surface area contributed by atoms with E-state index < -0.39 is 5.41 Å². The van der Waals surface area contributed by atoms with Crippen LogP contribution >= 0.6 is 0 Å². The lowest BCUT2D eigenvalue weighted by Crippen LogP contribution is -2.32. The van der Waals surface area contributed by atoms with Gasteiger partial charge in [0.1, 0.15) is 6.29 Å². The van der Waals surface area contributed by atoms with E-state index in [1.54, 1.807) is 32.2 Å². The highest BCUT2D eigenvalue weighted by molar-refractivity contribution is 5.77. The number of carbonyl (C=O) groups excluding carboxylic acids is 1. The van der Waals surface area contributed by atoms with Crippen molar-refractivity contribution in [3.05, 3.63) is 107 Å². The number of methoxy groups -OCH3 is 3. The number of para-hydroxylation sites is 1. The Kier molecular flexibility index (Phi) is 7.00. The molecule has 1 aliphatic rings. The van der Waals surface area contributed by atoms with E-state index in [9.17, 15) is 4.79 Å². The monoisotopic (exact) mass is 507 g/mol. The average molecular weight is 508 g/mol. The van der Waals surface area contributed by atoms with Crippen molar-refractivity contribution in [3.8, 4) is 17.2 Å². The van der Waals surface area contributed by atoms with Crippen LogP contribution in [-0.2, 0) is 16.6 Å². The Balaban J connectivity index is 1.73. The second-order valence-electron chi connectivity index (χ2n) is 8.85. The van der Waals surface area contributed by atoms with Crippen molar-refractivity contribution in [2.75, 3.05) is 26.6 Å². The molecule has 0 fully saturated rings. The summed E-state index contributed by atoms with van der Waals surface area (Å²) in [5.74, 6) is 2.42. The Hall–Kier alpha value is -4.78. The Morgan fingerprint density at radius 2 is 1.61 bits per heavy atom. The molecule has 0 bridgehead atoms. The van der Waals surface area contributed by atoms with Crippen molar-refractivity contribution in [1.29, 1.82) is 0 Å². The summed E-state index contributed by atoms with van der Waals surface area (Å²) in [5, 5.41) is 8.24. The summed E-state index contributed by atoms with van der Waals surface area (Å²) < 4.78 is 19.0. The number of nitrogens with one attached hydrogen (secondary N) is 1. The topological polar surface area (TPSA) is 74.6 Å². The van der Waals surface area contributed by atoms with Crippen LogP contribution in [0.1, 0.15) is 22.4 Å². The summed E-state index contributed by atoms with van der Waals surface area (Å²) in [5.41, 5.74) is 4.22. The number of rotatable bonds is 9. The van der Waals surface area contributed by atoms with E-state index in [1.807, 2.05) is 60.7 Å². The zero-order valence-corrected chi connectivity index (χ0v) is 21.5. The van der Waals surface area contributed by atoms with Crippen LogP contribution in [0.15, 0.2) is 84.9 Å². The molecular formula is C31H29N3O4. The minimum atomic E-state index is -0.615. The molecule has 7 heteroatoms. The van der Waals surface area contributed by atoms with Crippen LogP contribution in [-0.4, -0.2) is 37.4 Å². The SMILES string of the molecule is COc1ccc(C2(c3ccccc3)C=Cc3c(Nc4ccccc4)nn(C=CC=O)c3C2)c(OC)c1OC. The Labute approximate surface area is 222 Å². The van der Waals surface area contributed by atoms with Crippen molar-refractivity contribution in [3.63, 3.8) is 0 Å². The molecule has 0 aliphatic heterocycles. The summed E-state index contributed by atoms with van der Waals surface area (Å²) >= 11 is 0. The molecule has 0 spiro atoms. The van der Waals surface area contributed by atoms with Crippen molar-refractivity contribution in [2.24, 2.45) is 0 Å². The number of anilines is 2. The van der Waals surface area contributed by atoms with Gasteiger partial charge >= 0.3 is 0 Å². The van der Waals surface area contributed by atoms with Gasteiger partial charge in [-0.25, -0.2) is 4.68 Å². The zero-order valence-electron chi connectivity index (χ0n) is 21.5. The van der Waals surface area contributed by atoms with Gasteiger partial charge in [0.05, 0.1) is 27.0 Å². The van der Waals surface area contributed by atoms with Crippen LogP contribution in [0.25, 0.3) is 12.3 Å². The van der Waals surface area contributed by atoms with Gasteiger partial charge in [0.15, 0.2) is 17.3 Å². The molecule has 1 unspecified atom stereocenters. The number of hydrogen-bond donors (Lipinski definition) is 1. The van der Waals surface area contributed by atoms with Crippen LogP contribution in [0.2, 0.25) is 0 Å². The number of allylic oxidation sites excluding steroid dienone is 2. The smallest absolute Gasteiger partial charge is 0.203 e.